The molecule has 1 rings (SSSR count). The van der Waals surface area contributed by atoms with Crippen molar-refractivity contribution in [1.82, 2.24) is 10.3 Å². The number of hydrogen-bond acceptors (Lipinski definition) is 4. The topological polar surface area (TPSA) is 28.2 Å². The molecule has 1 heterocycles. The molecule has 0 aliphatic carbocycles. The summed E-state index contributed by atoms with van der Waals surface area (Å²) in [6.45, 7) is 2.94. The molecule has 0 saturated heterocycles. The summed E-state index contributed by atoms with van der Waals surface area (Å²) in [6, 6.07) is 0.0459. The van der Waals surface area contributed by atoms with E-state index in [0.717, 1.165) is 5.69 Å². The standard InChI is InChI=1S/C10H16F3N3S/c1-4-16(6-10(11,12)13)9-15-8(5-17-9)7(2)14-3/h5,7,14H,4,6H2,1-3H3. The third-order valence-electron chi connectivity index (χ3n) is 2.41. The highest BCUT2D eigenvalue weighted by molar-refractivity contribution is 7.13. The molecule has 0 bridgehead atoms. The van der Waals surface area contributed by atoms with Crippen molar-refractivity contribution in [2.75, 3.05) is 25.0 Å². The first-order valence-corrected chi connectivity index (χ1v) is 6.19. The van der Waals surface area contributed by atoms with Gasteiger partial charge in [-0.25, -0.2) is 4.98 Å². The lowest BCUT2D eigenvalue weighted by molar-refractivity contribution is -0.119. The van der Waals surface area contributed by atoms with Crippen molar-refractivity contribution in [2.24, 2.45) is 0 Å². The van der Waals surface area contributed by atoms with E-state index in [9.17, 15) is 13.2 Å². The first-order chi connectivity index (χ1) is 7.87. The van der Waals surface area contributed by atoms with E-state index in [1.807, 2.05) is 6.92 Å². The number of alkyl halides is 3. The van der Waals surface area contributed by atoms with E-state index in [1.165, 1.54) is 16.2 Å². The van der Waals surface area contributed by atoms with Crippen molar-refractivity contribution in [3.05, 3.63) is 11.1 Å². The van der Waals surface area contributed by atoms with Crippen LogP contribution in [0.1, 0.15) is 25.6 Å². The van der Waals surface area contributed by atoms with Gasteiger partial charge in [-0.1, -0.05) is 0 Å². The molecule has 1 N–H and O–H groups in total. The summed E-state index contributed by atoms with van der Waals surface area (Å²) in [7, 11) is 1.79. The van der Waals surface area contributed by atoms with Crippen LogP contribution in [0.4, 0.5) is 18.3 Å². The number of thiazole rings is 1. The molecule has 1 atom stereocenters. The molecule has 0 aromatic carbocycles. The number of hydrogen-bond donors (Lipinski definition) is 1. The number of anilines is 1. The van der Waals surface area contributed by atoms with Crippen LogP contribution >= 0.6 is 11.3 Å². The summed E-state index contributed by atoms with van der Waals surface area (Å²) in [4.78, 5) is 5.45. The van der Waals surface area contributed by atoms with Crippen LogP contribution in [-0.4, -0.2) is 31.3 Å². The number of nitrogens with zero attached hydrogens (tertiary/aromatic N) is 2. The molecule has 0 radical (unpaired) electrons. The normalized spacial score (nSPS) is 13.8. The van der Waals surface area contributed by atoms with E-state index in [2.05, 4.69) is 10.3 Å². The van der Waals surface area contributed by atoms with Gasteiger partial charge in [0.1, 0.15) is 6.54 Å². The highest BCUT2D eigenvalue weighted by Gasteiger charge is 2.31. The lowest BCUT2D eigenvalue weighted by atomic mass is 10.3. The van der Waals surface area contributed by atoms with E-state index in [-0.39, 0.29) is 6.04 Å². The fourth-order valence-corrected chi connectivity index (χ4v) is 2.28. The molecule has 17 heavy (non-hydrogen) atoms. The lowest BCUT2D eigenvalue weighted by Gasteiger charge is -2.21. The molecule has 0 fully saturated rings. The molecule has 0 saturated carbocycles. The summed E-state index contributed by atoms with van der Waals surface area (Å²) < 4.78 is 37.0. The van der Waals surface area contributed by atoms with E-state index >= 15 is 0 Å². The van der Waals surface area contributed by atoms with Crippen LogP contribution in [0.25, 0.3) is 0 Å². The van der Waals surface area contributed by atoms with Crippen LogP contribution in [0, 0.1) is 0 Å². The summed E-state index contributed by atoms with van der Waals surface area (Å²) in [5.74, 6) is 0. The van der Waals surface area contributed by atoms with E-state index in [1.54, 1.807) is 19.4 Å². The Bertz CT molecular complexity index is 351. The van der Waals surface area contributed by atoms with E-state index in [0.29, 0.717) is 11.7 Å². The maximum absolute atomic E-state index is 12.3. The summed E-state index contributed by atoms with van der Waals surface area (Å²) in [6.07, 6.45) is -4.20. The summed E-state index contributed by atoms with van der Waals surface area (Å²) in [5, 5.41) is 5.21. The molecular formula is C10H16F3N3S. The van der Waals surface area contributed by atoms with Crippen LogP contribution in [0.15, 0.2) is 5.38 Å². The second kappa shape index (κ2) is 5.68. The van der Waals surface area contributed by atoms with Gasteiger partial charge in [-0.2, -0.15) is 13.2 Å². The van der Waals surface area contributed by atoms with Crippen molar-refractivity contribution in [1.29, 1.82) is 0 Å². The van der Waals surface area contributed by atoms with Gasteiger partial charge in [-0.3, -0.25) is 0 Å². The molecule has 0 aliphatic heterocycles. The summed E-state index contributed by atoms with van der Waals surface area (Å²) in [5.41, 5.74) is 0.771. The second-order valence-corrected chi connectivity index (χ2v) is 4.53. The van der Waals surface area contributed by atoms with Gasteiger partial charge in [0, 0.05) is 18.0 Å². The van der Waals surface area contributed by atoms with Crippen LogP contribution in [0.2, 0.25) is 0 Å². The van der Waals surface area contributed by atoms with Crippen molar-refractivity contribution >= 4 is 16.5 Å². The van der Waals surface area contributed by atoms with Gasteiger partial charge >= 0.3 is 6.18 Å². The Labute approximate surface area is 103 Å². The third-order valence-corrected chi connectivity index (χ3v) is 3.33. The molecule has 7 heteroatoms. The minimum atomic E-state index is -4.20. The molecule has 98 valence electrons. The summed E-state index contributed by atoms with van der Waals surface area (Å²) >= 11 is 1.24. The number of rotatable bonds is 5. The monoisotopic (exact) mass is 267 g/mol. The van der Waals surface area contributed by atoms with Crippen molar-refractivity contribution in [3.8, 4) is 0 Å². The zero-order valence-electron chi connectivity index (χ0n) is 10.0. The van der Waals surface area contributed by atoms with Gasteiger partial charge in [-0.05, 0) is 20.9 Å². The molecule has 1 aromatic heterocycles. The zero-order valence-corrected chi connectivity index (χ0v) is 10.8. The van der Waals surface area contributed by atoms with Gasteiger partial charge in [-0.15, -0.1) is 11.3 Å². The van der Waals surface area contributed by atoms with Crippen LogP contribution in [0.5, 0.6) is 0 Å². The Morgan fingerprint density at radius 3 is 2.65 bits per heavy atom. The Hall–Kier alpha value is -0.820. The fourth-order valence-electron chi connectivity index (χ4n) is 1.30. The SMILES string of the molecule is CCN(CC(F)(F)F)c1nc(C(C)NC)cs1. The Balaban J connectivity index is 2.79. The Morgan fingerprint density at radius 2 is 2.18 bits per heavy atom. The maximum atomic E-state index is 12.3. The minimum Gasteiger partial charge on any atom is -0.339 e. The lowest BCUT2D eigenvalue weighted by Crippen LogP contribution is -2.34. The van der Waals surface area contributed by atoms with Crippen molar-refractivity contribution in [3.63, 3.8) is 0 Å². The first-order valence-electron chi connectivity index (χ1n) is 5.31. The van der Waals surface area contributed by atoms with Gasteiger partial charge in [0.15, 0.2) is 5.13 Å². The zero-order chi connectivity index (χ0) is 13.1. The quantitative estimate of drug-likeness (QED) is 0.889. The maximum Gasteiger partial charge on any atom is 0.406 e. The largest absolute Gasteiger partial charge is 0.406 e. The predicted octanol–water partition coefficient (Wildman–Crippen LogP) is 2.81. The van der Waals surface area contributed by atoms with Gasteiger partial charge < -0.3 is 10.2 Å². The fraction of sp³-hybridized carbons (Fsp3) is 0.700. The molecule has 3 nitrogen and oxygen atoms in total. The van der Waals surface area contributed by atoms with Crippen LogP contribution in [0.3, 0.4) is 0 Å². The van der Waals surface area contributed by atoms with Gasteiger partial charge in [0.05, 0.1) is 5.69 Å². The Kier molecular flexibility index (Phi) is 4.76. The number of halogens is 3. The highest BCUT2D eigenvalue weighted by atomic mass is 32.1. The smallest absolute Gasteiger partial charge is 0.339 e. The van der Waals surface area contributed by atoms with Crippen molar-refractivity contribution < 1.29 is 13.2 Å². The molecular weight excluding hydrogens is 251 g/mol. The first kappa shape index (κ1) is 14.2. The van der Waals surface area contributed by atoms with Crippen molar-refractivity contribution in [2.45, 2.75) is 26.1 Å². The van der Waals surface area contributed by atoms with Crippen LogP contribution < -0.4 is 10.2 Å². The molecule has 0 aliphatic rings. The molecule has 1 aromatic rings. The van der Waals surface area contributed by atoms with Gasteiger partial charge in [0.25, 0.3) is 0 Å². The number of aromatic nitrogens is 1. The average Bonchev–Trinajstić information content (AvgIpc) is 2.72. The molecule has 0 amide bonds. The van der Waals surface area contributed by atoms with Gasteiger partial charge in [0.2, 0.25) is 0 Å². The van der Waals surface area contributed by atoms with E-state index < -0.39 is 12.7 Å². The third kappa shape index (κ3) is 4.16. The van der Waals surface area contributed by atoms with E-state index in [4.69, 9.17) is 0 Å². The predicted molar refractivity (Wildman–Crippen MR) is 63.5 cm³/mol. The van der Waals surface area contributed by atoms with Crippen LogP contribution in [-0.2, 0) is 0 Å². The highest BCUT2D eigenvalue weighted by Crippen LogP contribution is 2.26. The second-order valence-electron chi connectivity index (χ2n) is 3.69. The molecule has 0 spiro atoms. The Morgan fingerprint density at radius 1 is 1.53 bits per heavy atom. The number of nitrogens with one attached hydrogen (secondary N) is 1. The molecule has 1 unspecified atom stereocenters. The average molecular weight is 267 g/mol. The minimum absolute atomic E-state index is 0.0459.